The Morgan fingerprint density at radius 2 is 2.11 bits per heavy atom. The summed E-state index contributed by atoms with van der Waals surface area (Å²) in [7, 11) is 3.65. The number of para-hydroxylation sites is 1. The normalized spacial score (nSPS) is 12.4. The molecule has 0 saturated heterocycles. The van der Waals surface area contributed by atoms with E-state index in [1.165, 1.54) is 11.1 Å². The third-order valence-electron chi connectivity index (χ3n) is 3.31. The highest BCUT2D eigenvalue weighted by atomic mass is 16.5. The molecule has 0 aliphatic carbocycles. The lowest BCUT2D eigenvalue weighted by Crippen LogP contribution is -2.18. The number of nitrogens with one attached hydrogen (secondary N) is 1. The molecule has 0 aliphatic rings. The van der Waals surface area contributed by atoms with E-state index in [1.807, 2.05) is 36.9 Å². The maximum Gasteiger partial charge on any atom is 0.123 e. The summed E-state index contributed by atoms with van der Waals surface area (Å²) in [5.41, 5.74) is 3.47. The van der Waals surface area contributed by atoms with Gasteiger partial charge in [-0.15, -0.1) is 0 Å². The van der Waals surface area contributed by atoms with Gasteiger partial charge in [0, 0.05) is 37.0 Å². The molecule has 102 valence electrons. The molecule has 0 amide bonds. The standard InChI is InChI=1S/C15H21N3O/c1-11(14-10-18(3)17-12(14)2)16-9-13-7-5-6-8-15(13)19-4/h5-8,10-11,16H,9H2,1-4H3. The van der Waals surface area contributed by atoms with Crippen LogP contribution in [0.15, 0.2) is 30.5 Å². The number of hydrogen-bond donors (Lipinski definition) is 1. The van der Waals surface area contributed by atoms with Crippen molar-refractivity contribution in [1.82, 2.24) is 15.1 Å². The van der Waals surface area contributed by atoms with E-state index in [0.717, 1.165) is 18.0 Å². The maximum atomic E-state index is 5.35. The summed E-state index contributed by atoms with van der Waals surface area (Å²) >= 11 is 0. The first-order valence-electron chi connectivity index (χ1n) is 6.47. The third kappa shape index (κ3) is 3.15. The highest BCUT2D eigenvalue weighted by Gasteiger charge is 2.12. The average molecular weight is 259 g/mol. The molecule has 0 saturated carbocycles. The van der Waals surface area contributed by atoms with Crippen molar-refractivity contribution in [2.24, 2.45) is 7.05 Å². The van der Waals surface area contributed by atoms with Gasteiger partial charge in [-0.05, 0) is 19.9 Å². The molecule has 19 heavy (non-hydrogen) atoms. The first kappa shape index (κ1) is 13.6. The minimum absolute atomic E-state index is 0.263. The molecule has 2 aromatic rings. The van der Waals surface area contributed by atoms with Crippen LogP contribution >= 0.6 is 0 Å². The minimum Gasteiger partial charge on any atom is -0.496 e. The molecule has 4 heteroatoms. The maximum absolute atomic E-state index is 5.35. The molecule has 1 atom stereocenters. The molecule has 1 aromatic heterocycles. The van der Waals surface area contributed by atoms with Crippen molar-refractivity contribution in [2.75, 3.05) is 7.11 Å². The van der Waals surface area contributed by atoms with Gasteiger partial charge in [0.25, 0.3) is 0 Å². The number of aryl methyl sites for hydroxylation is 2. The molecular formula is C15H21N3O. The Balaban J connectivity index is 2.04. The SMILES string of the molecule is COc1ccccc1CNC(C)c1cn(C)nc1C. The van der Waals surface area contributed by atoms with Crippen LogP contribution in [0.1, 0.15) is 29.8 Å². The van der Waals surface area contributed by atoms with E-state index in [1.54, 1.807) is 7.11 Å². The molecule has 1 heterocycles. The van der Waals surface area contributed by atoms with Crippen LogP contribution in [0.2, 0.25) is 0 Å². The number of ether oxygens (including phenoxy) is 1. The van der Waals surface area contributed by atoms with Crippen molar-refractivity contribution in [3.63, 3.8) is 0 Å². The minimum atomic E-state index is 0.263. The van der Waals surface area contributed by atoms with Gasteiger partial charge in [0.1, 0.15) is 5.75 Å². The predicted molar refractivity (Wildman–Crippen MR) is 76.2 cm³/mol. The van der Waals surface area contributed by atoms with Crippen LogP contribution in [0, 0.1) is 6.92 Å². The first-order valence-corrected chi connectivity index (χ1v) is 6.47. The molecule has 2 rings (SSSR count). The second-order valence-corrected chi connectivity index (χ2v) is 4.76. The van der Waals surface area contributed by atoms with Crippen molar-refractivity contribution >= 4 is 0 Å². The van der Waals surface area contributed by atoms with Crippen molar-refractivity contribution in [3.8, 4) is 5.75 Å². The van der Waals surface area contributed by atoms with Crippen molar-refractivity contribution in [1.29, 1.82) is 0 Å². The molecule has 1 N–H and O–H groups in total. The zero-order chi connectivity index (χ0) is 13.8. The van der Waals surface area contributed by atoms with Gasteiger partial charge in [-0.1, -0.05) is 18.2 Å². The monoisotopic (exact) mass is 259 g/mol. The Labute approximate surface area is 114 Å². The summed E-state index contributed by atoms with van der Waals surface area (Å²) in [6, 6.07) is 8.33. The first-order chi connectivity index (χ1) is 9.11. The molecule has 0 fully saturated rings. The van der Waals surface area contributed by atoms with Gasteiger partial charge in [-0.25, -0.2) is 0 Å². The van der Waals surface area contributed by atoms with Gasteiger partial charge in [-0.3, -0.25) is 4.68 Å². The highest BCUT2D eigenvalue weighted by molar-refractivity contribution is 5.33. The molecule has 0 radical (unpaired) electrons. The zero-order valence-electron chi connectivity index (χ0n) is 12.0. The lowest BCUT2D eigenvalue weighted by Gasteiger charge is -2.15. The van der Waals surface area contributed by atoms with Crippen molar-refractivity contribution in [2.45, 2.75) is 26.4 Å². The van der Waals surface area contributed by atoms with Crippen LogP contribution in [-0.4, -0.2) is 16.9 Å². The number of benzene rings is 1. The molecule has 4 nitrogen and oxygen atoms in total. The highest BCUT2D eigenvalue weighted by Crippen LogP contribution is 2.20. The van der Waals surface area contributed by atoms with Crippen LogP contribution in [0.25, 0.3) is 0 Å². The molecule has 1 aromatic carbocycles. The fourth-order valence-corrected chi connectivity index (χ4v) is 2.27. The fraction of sp³-hybridized carbons (Fsp3) is 0.400. The van der Waals surface area contributed by atoms with Crippen molar-refractivity contribution in [3.05, 3.63) is 47.3 Å². The molecule has 0 aliphatic heterocycles. The lowest BCUT2D eigenvalue weighted by molar-refractivity contribution is 0.406. The van der Waals surface area contributed by atoms with Crippen LogP contribution in [0.3, 0.4) is 0 Å². The molecular weight excluding hydrogens is 238 g/mol. The molecule has 1 unspecified atom stereocenters. The lowest BCUT2D eigenvalue weighted by atomic mass is 10.1. The van der Waals surface area contributed by atoms with E-state index in [9.17, 15) is 0 Å². The van der Waals surface area contributed by atoms with Gasteiger partial charge in [0.15, 0.2) is 0 Å². The Morgan fingerprint density at radius 1 is 1.37 bits per heavy atom. The van der Waals surface area contributed by atoms with Crippen LogP contribution in [0.4, 0.5) is 0 Å². The Kier molecular flexibility index (Phi) is 4.22. The second kappa shape index (κ2) is 5.89. The Bertz CT molecular complexity index is 548. The summed E-state index contributed by atoms with van der Waals surface area (Å²) < 4.78 is 7.21. The number of methoxy groups -OCH3 is 1. The van der Waals surface area contributed by atoms with Gasteiger partial charge >= 0.3 is 0 Å². The van der Waals surface area contributed by atoms with E-state index in [2.05, 4.69) is 29.6 Å². The van der Waals surface area contributed by atoms with E-state index in [4.69, 9.17) is 4.74 Å². The van der Waals surface area contributed by atoms with Crippen molar-refractivity contribution < 1.29 is 4.74 Å². The molecule has 0 spiro atoms. The van der Waals surface area contributed by atoms with Gasteiger partial charge < -0.3 is 10.1 Å². The van der Waals surface area contributed by atoms with Gasteiger partial charge in [0.05, 0.1) is 12.8 Å². The summed E-state index contributed by atoms with van der Waals surface area (Å²) in [4.78, 5) is 0. The largest absolute Gasteiger partial charge is 0.496 e. The van der Waals surface area contributed by atoms with E-state index < -0.39 is 0 Å². The summed E-state index contributed by atoms with van der Waals surface area (Å²) in [6.07, 6.45) is 2.06. The number of nitrogens with zero attached hydrogens (tertiary/aromatic N) is 2. The summed E-state index contributed by atoms with van der Waals surface area (Å²) in [6.45, 7) is 4.97. The van der Waals surface area contributed by atoms with Gasteiger partial charge in [-0.2, -0.15) is 5.10 Å². The van der Waals surface area contributed by atoms with Gasteiger partial charge in [0.2, 0.25) is 0 Å². The Morgan fingerprint density at radius 3 is 2.74 bits per heavy atom. The molecule has 0 bridgehead atoms. The second-order valence-electron chi connectivity index (χ2n) is 4.76. The topological polar surface area (TPSA) is 39.1 Å². The van der Waals surface area contributed by atoms with E-state index in [-0.39, 0.29) is 6.04 Å². The number of aromatic nitrogens is 2. The Hall–Kier alpha value is -1.81. The fourth-order valence-electron chi connectivity index (χ4n) is 2.27. The van der Waals surface area contributed by atoms with Crippen LogP contribution in [-0.2, 0) is 13.6 Å². The number of rotatable bonds is 5. The predicted octanol–water partition coefficient (Wildman–Crippen LogP) is 2.59. The van der Waals surface area contributed by atoms with Crippen LogP contribution < -0.4 is 10.1 Å². The van der Waals surface area contributed by atoms with E-state index in [0.29, 0.717) is 0 Å². The smallest absolute Gasteiger partial charge is 0.123 e. The quantitative estimate of drug-likeness (QED) is 0.897. The van der Waals surface area contributed by atoms with E-state index >= 15 is 0 Å². The summed E-state index contributed by atoms with van der Waals surface area (Å²) in [5, 5.41) is 7.88. The number of hydrogen-bond acceptors (Lipinski definition) is 3. The third-order valence-corrected chi connectivity index (χ3v) is 3.31. The average Bonchev–Trinajstić information content (AvgIpc) is 2.75. The summed E-state index contributed by atoms with van der Waals surface area (Å²) in [5.74, 6) is 0.921. The van der Waals surface area contributed by atoms with Crippen LogP contribution in [0.5, 0.6) is 5.75 Å². The zero-order valence-corrected chi connectivity index (χ0v) is 12.0.